The highest BCUT2D eigenvalue weighted by atomic mass is 16.5. The van der Waals surface area contributed by atoms with E-state index in [1.54, 1.807) is 14.2 Å². The van der Waals surface area contributed by atoms with Gasteiger partial charge in [0.05, 0.1) is 14.2 Å². The van der Waals surface area contributed by atoms with Crippen molar-refractivity contribution in [3.8, 4) is 11.5 Å². The minimum Gasteiger partial charge on any atom is -0.493 e. The van der Waals surface area contributed by atoms with Gasteiger partial charge in [-0.2, -0.15) is 0 Å². The molecule has 0 bridgehead atoms. The van der Waals surface area contributed by atoms with Crippen LogP contribution in [0.25, 0.3) is 0 Å². The summed E-state index contributed by atoms with van der Waals surface area (Å²) in [6.07, 6.45) is 2.37. The molecule has 118 valence electrons. The van der Waals surface area contributed by atoms with Crippen molar-refractivity contribution in [2.24, 2.45) is 5.92 Å². The van der Waals surface area contributed by atoms with Gasteiger partial charge in [-0.15, -0.1) is 0 Å². The lowest BCUT2D eigenvalue weighted by molar-refractivity contribution is 0.276. The molecule has 2 rings (SSSR count). The Bertz CT molecular complexity index is 450. The van der Waals surface area contributed by atoms with Gasteiger partial charge >= 0.3 is 0 Å². The fourth-order valence-corrected chi connectivity index (χ4v) is 3.06. The molecule has 0 amide bonds. The van der Waals surface area contributed by atoms with Gasteiger partial charge in [0.1, 0.15) is 0 Å². The van der Waals surface area contributed by atoms with E-state index in [9.17, 15) is 0 Å². The SMILES string of the molecule is COc1ccc(CCN(C)C[C@@H]2CCN(C)C2)cc1OC. The predicted molar refractivity (Wildman–Crippen MR) is 86.4 cm³/mol. The number of benzene rings is 1. The van der Waals surface area contributed by atoms with Crippen molar-refractivity contribution in [2.45, 2.75) is 12.8 Å². The third kappa shape index (κ3) is 4.61. The van der Waals surface area contributed by atoms with E-state index in [-0.39, 0.29) is 0 Å². The zero-order valence-corrected chi connectivity index (χ0v) is 13.8. The summed E-state index contributed by atoms with van der Waals surface area (Å²) in [5, 5.41) is 0. The van der Waals surface area contributed by atoms with Crippen LogP contribution in [0.4, 0.5) is 0 Å². The predicted octanol–water partition coefficient (Wildman–Crippen LogP) is 2.13. The lowest BCUT2D eigenvalue weighted by atomic mass is 10.1. The van der Waals surface area contributed by atoms with Crippen molar-refractivity contribution < 1.29 is 9.47 Å². The second kappa shape index (κ2) is 7.66. The fourth-order valence-electron chi connectivity index (χ4n) is 3.06. The van der Waals surface area contributed by atoms with E-state index in [1.807, 2.05) is 6.07 Å². The van der Waals surface area contributed by atoms with Crippen LogP contribution >= 0.6 is 0 Å². The van der Waals surface area contributed by atoms with E-state index in [4.69, 9.17) is 9.47 Å². The van der Waals surface area contributed by atoms with Crippen molar-refractivity contribution in [1.82, 2.24) is 9.80 Å². The number of likely N-dealkylation sites (N-methyl/N-ethyl adjacent to an activating group) is 1. The van der Waals surface area contributed by atoms with Crippen LogP contribution in [0.2, 0.25) is 0 Å². The van der Waals surface area contributed by atoms with Crippen molar-refractivity contribution in [1.29, 1.82) is 0 Å². The highest BCUT2D eigenvalue weighted by Crippen LogP contribution is 2.27. The number of nitrogens with zero attached hydrogens (tertiary/aromatic N) is 2. The summed E-state index contributed by atoms with van der Waals surface area (Å²) in [6, 6.07) is 6.19. The molecule has 1 aromatic carbocycles. The summed E-state index contributed by atoms with van der Waals surface area (Å²) >= 11 is 0. The van der Waals surface area contributed by atoms with Gasteiger partial charge in [0.2, 0.25) is 0 Å². The molecular formula is C17H28N2O2. The van der Waals surface area contributed by atoms with Crippen molar-refractivity contribution in [3.63, 3.8) is 0 Å². The highest BCUT2D eigenvalue weighted by molar-refractivity contribution is 5.42. The van der Waals surface area contributed by atoms with E-state index in [0.29, 0.717) is 0 Å². The van der Waals surface area contributed by atoms with Gasteiger partial charge < -0.3 is 19.3 Å². The molecule has 0 saturated carbocycles. The summed E-state index contributed by atoms with van der Waals surface area (Å²) in [6.45, 7) is 4.75. The van der Waals surface area contributed by atoms with Gasteiger partial charge in [0, 0.05) is 19.6 Å². The maximum absolute atomic E-state index is 5.36. The Balaban J connectivity index is 1.82. The minimum atomic E-state index is 0.795. The van der Waals surface area contributed by atoms with Gasteiger partial charge in [0.15, 0.2) is 11.5 Å². The number of rotatable bonds is 7. The molecule has 0 aromatic heterocycles. The van der Waals surface area contributed by atoms with Gasteiger partial charge in [-0.1, -0.05) is 6.07 Å². The number of hydrogen-bond donors (Lipinski definition) is 0. The molecule has 0 radical (unpaired) electrons. The summed E-state index contributed by atoms with van der Waals surface area (Å²) < 4.78 is 10.6. The molecule has 0 unspecified atom stereocenters. The molecule has 0 spiro atoms. The third-order valence-electron chi connectivity index (χ3n) is 4.29. The van der Waals surface area contributed by atoms with Gasteiger partial charge in [-0.05, 0) is 57.1 Å². The average Bonchev–Trinajstić information content (AvgIpc) is 2.89. The molecule has 1 fully saturated rings. The van der Waals surface area contributed by atoms with Crippen LogP contribution in [0.1, 0.15) is 12.0 Å². The molecule has 0 N–H and O–H groups in total. The molecule has 1 atom stereocenters. The lowest BCUT2D eigenvalue weighted by Crippen LogP contribution is -2.29. The second-order valence-corrected chi connectivity index (χ2v) is 6.12. The first-order chi connectivity index (χ1) is 10.1. The van der Waals surface area contributed by atoms with Crippen LogP contribution in [0, 0.1) is 5.92 Å². The van der Waals surface area contributed by atoms with Crippen molar-refractivity contribution in [3.05, 3.63) is 23.8 Å². The number of hydrogen-bond acceptors (Lipinski definition) is 4. The van der Waals surface area contributed by atoms with Crippen LogP contribution in [-0.4, -0.2) is 64.3 Å². The molecular weight excluding hydrogens is 264 g/mol. The number of ether oxygens (including phenoxy) is 2. The maximum atomic E-state index is 5.36. The topological polar surface area (TPSA) is 24.9 Å². The molecule has 4 nitrogen and oxygen atoms in total. The first-order valence-corrected chi connectivity index (χ1v) is 7.70. The Morgan fingerprint density at radius 1 is 1.24 bits per heavy atom. The van der Waals surface area contributed by atoms with E-state index >= 15 is 0 Å². The lowest BCUT2D eigenvalue weighted by Gasteiger charge is -2.21. The zero-order chi connectivity index (χ0) is 15.2. The molecule has 1 heterocycles. The average molecular weight is 292 g/mol. The molecule has 1 aromatic rings. The first kappa shape index (κ1) is 16.1. The van der Waals surface area contributed by atoms with Crippen LogP contribution in [0.3, 0.4) is 0 Å². The molecule has 1 saturated heterocycles. The Kier molecular flexibility index (Phi) is 5.88. The Morgan fingerprint density at radius 3 is 2.62 bits per heavy atom. The standard InChI is InChI=1S/C17H28N2O2/c1-18(12-15-8-10-19(2)13-15)9-7-14-5-6-16(20-3)17(11-14)21-4/h5-6,11,15H,7-10,12-13H2,1-4H3/t15-/m0/s1. The summed E-state index contributed by atoms with van der Waals surface area (Å²) in [5.74, 6) is 2.43. The molecule has 0 aliphatic carbocycles. The van der Waals surface area contributed by atoms with Crippen molar-refractivity contribution in [2.75, 3.05) is 54.5 Å². The Hall–Kier alpha value is -1.26. The van der Waals surface area contributed by atoms with Gasteiger partial charge in [0.25, 0.3) is 0 Å². The largest absolute Gasteiger partial charge is 0.493 e. The van der Waals surface area contributed by atoms with Crippen LogP contribution in [0.15, 0.2) is 18.2 Å². The maximum Gasteiger partial charge on any atom is 0.160 e. The molecule has 1 aliphatic rings. The first-order valence-electron chi connectivity index (χ1n) is 7.70. The van der Waals surface area contributed by atoms with E-state index in [1.165, 1.54) is 31.6 Å². The molecule has 1 aliphatic heterocycles. The minimum absolute atomic E-state index is 0.795. The summed E-state index contributed by atoms with van der Waals surface area (Å²) in [5.41, 5.74) is 1.29. The van der Waals surface area contributed by atoms with Crippen molar-refractivity contribution >= 4 is 0 Å². The Labute approximate surface area is 128 Å². The van der Waals surface area contributed by atoms with Crippen LogP contribution in [-0.2, 0) is 6.42 Å². The zero-order valence-electron chi connectivity index (χ0n) is 13.8. The van der Waals surface area contributed by atoms with Crippen LogP contribution in [0.5, 0.6) is 11.5 Å². The summed E-state index contributed by atoms with van der Waals surface area (Å²) in [4.78, 5) is 4.87. The Morgan fingerprint density at radius 2 is 2.00 bits per heavy atom. The quantitative estimate of drug-likeness (QED) is 0.768. The fraction of sp³-hybridized carbons (Fsp3) is 0.647. The number of methoxy groups -OCH3 is 2. The third-order valence-corrected chi connectivity index (χ3v) is 4.29. The molecule has 21 heavy (non-hydrogen) atoms. The second-order valence-electron chi connectivity index (χ2n) is 6.12. The normalized spacial score (nSPS) is 19.2. The van der Waals surface area contributed by atoms with E-state index < -0.39 is 0 Å². The van der Waals surface area contributed by atoms with E-state index in [2.05, 4.69) is 36.0 Å². The van der Waals surface area contributed by atoms with Gasteiger partial charge in [-0.25, -0.2) is 0 Å². The van der Waals surface area contributed by atoms with E-state index in [0.717, 1.165) is 30.4 Å². The summed E-state index contributed by atoms with van der Waals surface area (Å²) in [7, 11) is 7.79. The highest BCUT2D eigenvalue weighted by Gasteiger charge is 2.20. The monoisotopic (exact) mass is 292 g/mol. The molecule has 4 heteroatoms. The van der Waals surface area contributed by atoms with Crippen LogP contribution < -0.4 is 9.47 Å². The smallest absolute Gasteiger partial charge is 0.160 e. The number of likely N-dealkylation sites (tertiary alicyclic amines) is 1. The van der Waals surface area contributed by atoms with Gasteiger partial charge in [-0.3, -0.25) is 0 Å².